The summed E-state index contributed by atoms with van der Waals surface area (Å²) in [4.78, 5) is 35.6. The fourth-order valence-electron chi connectivity index (χ4n) is 8.89. The second-order valence-electron chi connectivity index (χ2n) is 15.9. The zero-order chi connectivity index (χ0) is 41.4. The van der Waals surface area contributed by atoms with Crippen molar-refractivity contribution in [1.82, 2.24) is 50.8 Å². The first-order chi connectivity index (χ1) is 29.3. The van der Waals surface area contributed by atoms with E-state index >= 15 is 0 Å². The van der Waals surface area contributed by atoms with Gasteiger partial charge >= 0.3 is 5.69 Å². The summed E-state index contributed by atoms with van der Waals surface area (Å²) in [6.45, 7) is 6.90. The summed E-state index contributed by atoms with van der Waals surface area (Å²) in [7, 11) is 1.68. The summed E-state index contributed by atoms with van der Waals surface area (Å²) in [6.07, 6.45) is 5.02. The van der Waals surface area contributed by atoms with E-state index in [-0.39, 0.29) is 6.17 Å². The number of aromatic nitrogens is 10. The normalized spacial score (nSPS) is 15.7. The van der Waals surface area contributed by atoms with Crippen molar-refractivity contribution in [3.8, 4) is 45.0 Å². The van der Waals surface area contributed by atoms with E-state index in [2.05, 4.69) is 131 Å². The van der Waals surface area contributed by atoms with E-state index < -0.39 is 23.0 Å². The monoisotopic (exact) mass is 804 g/mol. The van der Waals surface area contributed by atoms with E-state index in [0.717, 1.165) is 83.0 Å². The number of aromatic amines is 3. The molecule has 9 rings (SSSR count). The molecule has 1 aliphatic carbocycles. The van der Waals surface area contributed by atoms with Gasteiger partial charge in [0.15, 0.2) is 11.6 Å². The van der Waals surface area contributed by atoms with Crippen LogP contribution in [0.2, 0.25) is 0 Å². The van der Waals surface area contributed by atoms with Gasteiger partial charge in [0.1, 0.15) is 23.9 Å². The van der Waals surface area contributed by atoms with Crippen molar-refractivity contribution < 1.29 is 4.74 Å². The summed E-state index contributed by atoms with van der Waals surface area (Å²) < 4.78 is 7.89. The number of hydrogen-bond acceptors (Lipinski definition) is 11. The number of nitrogens with zero attached hydrogens (tertiary/aromatic N) is 9. The fraction of sp³-hybridized carbons (Fsp3) is 0.333. The molecule has 0 radical (unpaired) electrons. The maximum Gasteiger partial charge on any atom is 0.330 e. The molecule has 0 amide bonds. The first-order valence-corrected chi connectivity index (χ1v) is 20.7. The average Bonchev–Trinajstić information content (AvgIpc) is 3.62. The lowest BCUT2D eigenvalue weighted by atomic mass is 9.80. The summed E-state index contributed by atoms with van der Waals surface area (Å²) in [5.41, 5.74) is 6.28. The molecule has 0 saturated heterocycles. The molecule has 7 aromatic rings. The number of methoxy groups -OCH3 is 1. The van der Waals surface area contributed by atoms with Gasteiger partial charge in [-0.2, -0.15) is 0 Å². The zero-order valence-electron chi connectivity index (χ0n) is 34.2. The molecular weight excluding hydrogens is 757 g/mol. The molecule has 60 heavy (non-hydrogen) atoms. The Morgan fingerprint density at radius 1 is 0.767 bits per heavy atom. The maximum absolute atomic E-state index is 14.6. The number of hydrogen-bond donors (Lipinski definition) is 3. The van der Waals surface area contributed by atoms with Crippen molar-refractivity contribution in [3.05, 3.63) is 129 Å². The van der Waals surface area contributed by atoms with E-state index in [1.54, 1.807) is 11.7 Å². The van der Waals surface area contributed by atoms with Gasteiger partial charge in [0, 0.05) is 24.8 Å². The highest BCUT2D eigenvalue weighted by Crippen LogP contribution is 2.50. The number of benzene rings is 4. The third-order valence-electron chi connectivity index (χ3n) is 12.2. The molecule has 4 heterocycles. The van der Waals surface area contributed by atoms with E-state index in [1.807, 2.05) is 43.3 Å². The summed E-state index contributed by atoms with van der Waals surface area (Å²) in [5.74, 6) is 2.14. The molecule has 15 nitrogen and oxygen atoms in total. The minimum absolute atomic E-state index is 0.335. The molecule has 15 heteroatoms. The van der Waals surface area contributed by atoms with Gasteiger partial charge in [-0.15, -0.1) is 10.2 Å². The lowest BCUT2D eigenvalue weighted by Gasteiger charge is -2.46. The Morgan fingerprint density at radius 2 is 1.30 bits per heavy atom. The highest BCUT2D eigenvalue weighted by molar-refractivity contribution is 5.83. The molecule has 3 N–H and O–H groups in total. The van der Waals surface area contributed by atoms with Crippen LogP contribution >= 0.6 is 0 Å². The predicted octanol–water partition coefficient (Wildman–Crippen LogP) is 7.13. The molecule has 3 aromatic heterocycles. The van der Waals surface area contributed by atoms with E-state index in [1.165, 1.54) is 0 Å². The lowest BCUT2D eigenvalue weighted by molar-refractivity contribution is 0.104. The molecule has 2 atom stereocenters. The van der Waals surface area contributed by atoms with Crippen molar-refractivity contribution in [2.75, 3.05) is 16.9 Å². The SMILES string of the molecule is CCCCCC1N(C(C)OC)c2c(c(=O)[nH]c(=O)n2CC2CC2)N1C(C)(c1ccc(-c2ccccc2-c2nnn[nH]2)cc1)c1ccc(-c2ccccc2-c2nnn[nH]2)cc1. The smallest absolute Gasteiger partial charge is 0.330 e. The van der Waals surface area contributed by atoms with Gasteiger partial charge in [0.2, 0.25) is 0 Å². The van der Waals surface area contributed by atoms with Gasteiger partial charge in [-0.3, -0.25) is 14.3 Å². The molecule has 1 aliphatic heterocycles. The summed E-state index contributed by atoms with van der Waals surface area (Å²) in [5, 5.41) is 29.5. The van der Waals surface area contributed by atoms with Crippen LogP contribution in [0, 0.1) is 5.92 Å². The van der Waals surface area contributed by atoms with E-state index in [9.17, 15) is 9.59 Å². The largest absolute Gasteiger partial charge is 0.362 e. The second kappa shape index (κ2) is 16.1. The number of rotatable bonds is 15. The van der Waals surface area contributed by atoms with E-state index in [4.69, 9.17) is 4.74 Å². The van der Waals surface area contributed by atoms with Crippen LogP contribution in [0.5, 0.6) is 0 Å². The van der Waals surface area contributed by atoms with Crippen LogP contribution in [0.3, 0.4) is 0 Å². The number of ether oxygens (including phenoxy) is 1. The Kier molecular flexibility index (Phi) is 10.4. The van der Waals surface area contributed by atoms with Gasteiger partial charge in [-0.25, -0.2) is 15.0 Å². The van der Waals surface area contributed by atoms with Crippen LogP contribution < -0.4 is 21.0 Å². The third kappa shape index (κ3) is 6.87. The highest BCUT2D eigenvalue weighted by Gasteiger charge is 2.51. The molecule has 2 aliphatic rings. The third-order valence-corrected chi connectivity index (χ3v) is 12.2. The van der Waals surface area contributed by atoms with Crippen molar-refractivity contribution >= 4 is 11.5 Å². The summed E-state index contributed by atoms with van der Waals surface area (Å²) >= 11 is 0. The minimum Gasteiger partial charge on any atom is -0.362 e. The molecule has 306 valence electrons. The van der Waals surface area contributed by atoms with Crippen LogP contribution in [0.1, 0.15) is 70.4 Å². The van der Waals surface area contributed by atoms with Crippen molar-refractivity contribution in [2.24, 2.45) is 5.92 Å². The number of H-pyrrole nitrogens is 3. The van der Waals surface area contributed by atoms with Gasteiger partial charge in [-0.05, 0) is 99.7 Å². The average molecular weight is 805 g/mol. The van der Waals surface area contributed by atoms with Crippen LogP contribution in [0.25, 0.3) is 45.0 Å². The van der Waals surface area contributed by atoms with Gasteiger partial charge in [0.25, 0.3) is 5.56 Å². The topological polar surface area (TPSA) is 179 Å². The number of anilines is 2. The van der Waals surface area contributed by atoms with Gasteiger partial charge in [0.05, 0.1) is 5.54 Å². The Labute approximate surface area is 346 Å². The first-order valence-electron chi connectivity index (χ1n) is 20.7. The Balaban J connectivity index is 1.25. The van der Waals surface area contributed by atoms with Gasteiger partial charge in [-0.1, -0.05) is 117 Å². The lowest BCUT2D eigenvalue weighted by Crippen LogP contribution is -2.56. The van der Waals surface area contributed by atoms with Crippen molar-refractivity contribution in [3.63, 3.8) is 0 Å². The summed E-state index contributed by atoms with van der Waals surface area (Å²) in [6, 6.07) is 33.1. The van der Waals surface area contributed by atoms with E-state index in [0.29, 0.717) is 35.6 Å². The molecule has 0 bridgehead atoms. The standard InChI is InChI=1S/C45H48N12O3/c1-5-6-7-16-38-56(28(2)60-4)43-39(42(58)46-44(59)55(43)27-29-17-18-29)57(38)45(3,32-23-19-30(20-24-32)34-12-8-10-14-36(34)40-47-51-52-48-40)33-25-21-31(22-26-33)35-13-9-11-15-37(35)41-49-53-54-50-41/h8-15,19-26,28-29,38H,5-7,16-18,27H2,1-4H3,(H,46,58,59)(H,47,48,51,52)(H,49,50,53,54). The number of fused-ring (bicyclic) bond motifs is 1. The molecule has 1 fully saturated rings. The zero-order valence-corrected chi connectivity index (χ0v) is 34.2. The number of unbranched alkanes of at least 4 members (excludes halogenated alkanes) is 2. The molecule has 4 aromatic carbocycles. The Bertz CT molecular complexity index is 2570. The van der Waals surface area contributed by atoms with Crippen molar-refractivity contribution in [2.45, 2.75) is 83.8 Å². The Hall–Kier alpha value is -6.74. The number of tetrazole rings is 2. The number of nitrogens with one attached hydrogen (secondary N) is 3. The van der Waals surface area contributed by atoms with Crippen LogP contribution in [-0.2, 0) is 16.8 Å². The second-order valence-corrected chi connectivity index (χ2v) is 15.9. The Morgan fingerprint density at radius 3 is 1.77 bits per heavy atom. The van der Waals surface area contributed by atoms with Crippen molar-refractivity contribution in [1.29, 1.82) is 0 Å². The van der Waals surface area contributed by atoms with Crippen LogP contribution in [-0.4, -0.2) is 70.3 Å². The molecule has 2 unspecified atom stereocenters. The van der Waals surface area contributed by atoms with Gasteiger partial charge < -0.3 is 14.5 Å². The molecular formula is C45H48N12O3. The predicted molar refractivity (Wildman–Crippen MR) is 230 cm³/mol. The van der Waals surface area contributed by atoms with Crippen LogP contribution in [0.4, 0.5) is 11.5 Å². The fourth-order valence-corrected chi connectivity index (χ4v) is 8.89. The quantitative estimate of drug-likeness (QED) is 0.0898. The first kappa shape index (κ1) is 38.8. The van der Waals surface area contributed by atoms with Crippen LogP contribution in [0.15, 0.2) is 107 Å². The maximum atomic E-state index is 14.6. The molecule has 1 saturated carbocycles. The molecule has 0 spiro atoms. The minimum atomic E-state index is -0.942. The highest BCUT2D eigenvalue weighted by atomic mass is 16.5.